The van der Waals surface area contributed by atoms with Gasteiger partial charge in [-0.3, -0.25) is 0 Å². The highest BCUT2D eigenvalue weighted by Gasteiger charge is 2.04. The molecule has 0 spiro atoms. The Balaban J connectivity index is 2.67. The van der Waals surface area contributed by atoms with E-state index < -0.39 is 0 Å². The third-order valence-electron chi connectivity index (χ3n) is 2.03. The van der Waals surface area contributed by atoms with Crippen molar-refractivity contribution in [2.24, 2.45) is 5.90 Å². The van der Waals surface area contributed by atoms with Gasteiger partial charge in [0.2, 0.25) is 0 Å². The maximum atomic E-state index is 5.02. The summed E-state index contributed by atoms with van der Waals surface area (Å²) in [6.45, 7) is 2.67. The molecule has 0 fully saturated rings. The molecule has 1 unspecified atom stereocenters. The van der Waals surface area contributed by atoms with Crippen LogP contribution in [0, 0.1) is 0 Å². The Hall–Kier alpha value is -0.510. The van der Waals surface area contributed by atoms with Gasteiger partial charge in [0.25, 0.3) is 0 Å². The molecule has 1 rings (SSSR count). The first-order valence-corrected chi connectivity index (χ1v) is 5.46. The summed E-state index contributed by atoms with van der Waals surface area (Å²) in [5.74, 6) is 5.38. The Morgan fingerprint density at radius 3 is 2.46 bits per heavy atom. The fraction of sp³-hybridized carbons (Fsp3) is 0.400. The van der Waals surface area contributed by atoms with Gasteiger partial charge < -0.3 is 4.84 Å². The minimum absolute atomic E-state index is 0.362. The molecule has 0 amide bonds. The zero-order valence-electron chi connectivity index (χ0n) is 7.99. The molecule has 1 aromatic carbocycles. The van der Waals surface area contributed by atoms with E-state index in [-0.39, 0.29) is 0 Å². The topological polar surface area (TPSA) is 35.2 Å². The second-order valence-corrected chi connectivity index (χ2v) is 3.89. The van der Waals surface area contributed by atoms with Gasteiger partial charge >= 0.3 is 0 Å². The third-order valence-corrected chi connectivity index (χ3v) is 2.77. The Labute approximate surface area is 83.4 Å². The second kappa shape index (κ2) is 5.27. The van der Waals surface area contributed by atoms with Crippen molar-refractivity contribution in [3.05, 3.63) is 29.8 Å². The third kappa shape index (κ3) is 3.03. The molecule has 0 saturated carbocycles. The fourth-order valence-electron chi connectivity index (χ4n) is 1.17. The standard InChI is InChI=1S/C10H15NOS/c1-8(7-12-11)9-3-5-10(13-2)6-4-9/h3-6,8H,7,11H2,1-2H3. The average molecular weight is 197 g/mol. The zero-order valence-corrected chi connectivity index (χ0v) is 8.80. The van der Waals surface area contributed by atoms with Gasteiger partial charge in [0.1, 0.15) is 0 Å². The van der Waals surface area contributed by atoms with E-state index >= 15 is 0 Å². The van der Waals surface area contributed by atoms with Gasteiger partial charge in [0.15, 0.2) is 0 Å². The summed E-state index contributed by atoms with van der Waals surface area (Å²) >= 11 is 1.75. The van der Waals surface area contributed by atoms with Gasteiger partial charge in [-0.2, -0.15) is 0 Å². The zero-order chi connectivity index (χ0) is 9.68. The first kappa shape index (κ1) is 10.6. The molecule has 1 aromatic rings. The van der Waals surface area contributed by atoms with Crippen LogP contribution in [0.4, 0.5) is 0 Å². The molecule has 13 heavy (non-hydrogen) atoms. The number of hydrogen-bond donors (Lipinski definition) is 1. The van der Waals surface area contributed by atoms with E-state index in [1.54, 1.807) is 11.8 Å². The normalized spacial score (nSPS) is 12.8. The number of rotatable bonds is 4. The summed E-state index contributed by atoms with van der Waals surface area (Å²) in [7, 11) is 0. The lowest BCUT2D eigenvalue weighted by atomic mass is 10.0. The monoisotopic (exact) mass is 197 g/mol. The van der Waals surface area contributed by atoms with Crippen molar-refractivity contribution in [1.82, 2.24) is 0 Å². The molecule has 0 aliphatic carbocycles. The largest absolute Gasteiger partial charge is 0.304 e. The molecule has 72 valence electrons. The summed E-state index contributed by atoms with van der Waals surface area (Å²) in [6, 6.07) is 8.48. The maximum Gasteiger partial charge on any atom is 0.0745 e. The van der Waals surface area contributed by atoms with Gasteiger partial charge in [-0.25, -0.2) is 5.90 Å². The van der Waals surface area contributed by atoms with Crippen molar-refractivity contribution in [1.29, 1.82) is 0 Å². The van der Waals surface area contributed by atoms with E-state index in [9.17, 15) is 0 Å². The molecule has 0 aliphatic rings. The molecule has 3 heteroatoms. The fourth-order valence-corrected chi connectivity index (χ4v) is 1.58. The van der Waals surface area contributed by atoms with Crippen LogP contribution in [0.3, 0.4) is 0 Å². The Morgan fingerprint density at radius 2 is 2.00 bits per heavy atom. The molecular formula is C10H15NOS. The second-order valence-electron chi connectivity index (χ2n) is 3.01. The van der Waals surface area contributed by atoms with E-state index in [4.69, 9.17) is 5.90 Å². The van der Waals surface area contributed by atoms with E-state index in [1.165, 1.54) is 10.5 Å². The first-order valence-electron chi connectivity index (χ1n) is 4.23. The molecular weight excluding hydrogens is 182 g/mol. The van der Waals surface area contributed by atoms with Crippen molar-refractivity contribution < 1.29 is 4.84 Å². The molecule has 0 bridgehead atoms. The summed E-state index contributed by atoms with van der Waals surface area (Å²) in [6.07, 6.45) is 2.07. The summed E-state index contributed by atoms with van der Waals surface area (Å²) in [4.78, 5) is 5.89. The quantitative estimate of drug-likeness (QED) is 0.594. The Bertz CT molecular complexity index is 248. The van der Waals surface area contributed by atoms with Crippen LogP contribution < -0.4 is 5.90 Å². The number of hydrogen-bond acceptors (Lipinski definition) is 3. The van der Waals surface area contributed by atoms with E-state index in [1.807, 2.05) is 0 Å². The van der Waals surface area contributed by atoms with Crippen LogP contribution in [-0.2, 0) is 4.84 Å². The molecule has 0 radical (unpaired) electrons. The minimum Gasteiger partial charge on any atom is -0.304 e. The van der Waals surface area contributed by atoms with Crippen LogP contribution in [0.25, 0.3) is 0 Å². The van der Waals surface area contributed by atoms with E-state index in [0.717, 1.165) is 0 Å². The predicted molar refractivity (Wildman–Crippen MR) is 56.8 cm³/mol. The molecule has 2 N–H and O–H groups in total. The SMILES string of the molecule is CSc1ccc(C(C)CON)cc1. The van der Waals surface area contributed by atoms with E-state index in [0.29, 0.717) is 12.5 Å². The van der Waals surface area contributed by atoms with Gasteiger partial charge in [-0.15, -0.1) is 11.8 Å². The number of benzene rings is 1. The van der Waals surface area contributed by atoms with Crippen LogP contribution in [0.1, 0.15) is 18.4 Å². The van der Waals surface area contributed by atoms with Crippen LogP contribution in [0.5, 0.6) is 0 Å². The van der Waals surface area contributed by atoms with Crippen molar-refractivity contribution in [2.75, 3.05) is 12.9 Å². The molecule has 0 heterocycles. The van der Waals surface area contributed by atoms with Crippen molar-refractivity contribution in [3.63, 3.8) is 0 Å². The van der Waals surface area contributed by atoms with Gasteiger partial charge in [0, 0.05) is 10.8 Å². The van der Waals surface area contributed by atoms with Gasteiger partial charge in [-0.05, 0) is 24.0 Å². The molecule has 0 saturated heterocycles. The van der Waals surface area contributed by atoms with Gasteiger partial charge in [0.05, 0.1) is 6.61 Å². The van der Waals surface area contributed by atoms with Crippen LogP contribution in [0.15, 0.2) is 29.2 Å². The predicted octanol–water partition coefficient (Wildman–Crippen LogP) is 2.40. The lowest BCUT2D eigenvalue weighted by Crippen LogP contribution is -2.08. The minimum atomic E-state index is 0.362. The van der Waals surface area contributed by atoms with Crippen LogP contribution in [0.2, 0.25) is 0 Å². The van der Waals surface area contributed by atoms with Gasteiger partial charge in [-0.1, -0.05) is 19.1 Å². The number of thioether (sulfide) groups is 1. The number of nitrogens with two attached hydrogens (primary N) is 1. The highest BCUT2D eigenvalue weighted by molar-refractivity contribution is 7.98. The van der Waals surface area contributed by atoms with Crippen molar-refractivity contribution in [3.8, 4) is 0 Å². The van der Waals surface area contributed by atoms with Crippen LogP contribution >= 0.6 is 11.8 Å². The highest BCUT2D eigenvalue weighted by Crippen LogP contribution is 2.19. The molecule has 0 aromatic heterocycles. The summed E-state index contributed by atoms with van der Waals surface area (Å²) < 4.78 is 0. The molecule has 2 nitrogen and oxygen atoms in total. The molecule has 0 aliphatic heterocycles. The smallest absolute Gasteiger partial charge is 0.0745 e. The lowest BCUT2D eigenvalue weighted by molar-refractivity contribution is 0.126. The van der Waals surface area contributed by atoms with Crippen molar-refractivity contribution in [2.45, 2.75) is 17.7 Å². The Kier molecular flexibility index (Phi) is 4.28. The summed E-state index contributed by atoms with van der Waals surface area (Å²) in [5.41, 5.74) is 1.27. The summed E-state index contributed by atoms with van der Waals surface area (Å²) in [5, 5.41) is 0. The highest BCUT2D eigenvalue weighted by atomic mass is 32.2. The van der Waals surface area contributed by atoms with Crippen molar-refractivity contribution >= 4 is 11.8 Å². The Morgan fingerprint density at radius 1 is 1.38 bits per heavy atom. The first-order chi connectivity index (χ1) is 6.27. The maximum absolute atomic E-state index is 5.02. The van der Waals surface area contributed by atoms with E-state index in [2.05, 4.69) is 42.3 Å². The molecule has 1 atom stereocenters. The lowest BCUT2D eigenvalue weighted by Gasteiger charge is -2.09. The van der Waals surface area contributed by atoms with Crippen LogP contribution in [-0.4, -0.2) is 12.9 Å². The average Bonchev–Trinajstić information content (AvgIpc) is 2.18.